The van der Waals surface area contributed by atoms with E-state index in [4.69, 9.17) is 30.4 Å². The summed E-state index contributed by atoms with van der Waals surface area (Å²) < 4.78 is 16.1. The van der Waals surface area contributed by atoms with Gasteiger partial charge in [-0.05, 0) is 41.5 Å². The van der Waals surface area contributed by atoms with Crippen LogP contribution in [0.2, 0.25) is 0 Å². The first-order chi connectivity index (χ1) is 19.0. The largest absolute Gasteiger partial charge is 0.857 e. The molecular weight excluding hydrogens is 518 g/mol. The molecule has 0 atom stereocenters. The summed E-state index contributed by atoms with van der Waals surface area (Å²) >= 11 is 1.19. The third-order valence-electron chi connectivity index (χ3n) is 6.41. The third-order valence-corrected chi connectivity index (χ3v) is 7.50. The first-order valence-electron chi connectivity index (χ1n) is 12.2. The van der Waals surface area contributed by atoms with Gasteiger partial charge in [0.05, 0.1) is 54.5 Å². The first-order valence-corrected chi connectivity index (χ1v) is 13.0. The highest BCUT2D eigenvalue weighted by Gasteiger charge is 2.23. The number of pyridine rings is 1. The van der Waals surface area contributed by atoms with Gasteiger partial charge in [-0.15, -0.1) is 16.3 Å². The second-order valence-electron chi connectivity index (χ2n) is 8.88. The van der Waals surface area contributed by atoms with E-state index >= 15 is 0 Å². The van der Waals surface area contributed by atoms with Crippen LogP contribution in [0.3, 0.4) is 0 Å². The number of morpholine rings is 1. The van der Waals surface area contributed by atoms with Gasteiger partial charge in [0.2, 0.25) is 5.27 Å². The van der Waals surface area contributed by atoms with Gasteiger partial charge in [0.25, 0.3) is 6.20 Å². The van der Waals surface area contributed by atoms with E-state index in [2.05, 4.69) is 10.3 Å². The molecule has 0 saturated carbocycles. The number of hydrogen-bond acceptors (Lipinski definition) is 11. The van der Waals surface area contributed by atoms with Crippen LogP contribution in [0.25, 0.3) is 32.6 Å². The minimum atomic E-state index is -0.536. The molecule has 0 amide bonds. The Hall–Kier alpha value is -4.68. The molecule has 2 aromatic carbocycles. The second kappa shape index (κ2) is 10.2. The van der Waals surface area contributed by atoms with Crippen LogP contribution < -0.4 is 31.1 Å². The van der Waals surface area contributed by atoms with Crippen molar-refractivity contribution in [2.45, 2.75) is 0 Å². The Bertz CT molecular complexity index is 1670. The number of nitrogens with zero attached hydrogens (tertiary/aromatic N) is 5. The summed E-state index contributed by atoms with van der Waals surface area (Å²) in [7, 11) is 1.62. The van der Waals surface area contributed by atoms with Crippen molar-refractivity contribution < 1.29 is 23.9 Å². The zero-order valence-corrected chi connectivity index (χ0v) is 21.9. The van der Waals surface area contributed by atoms with Crippen LogP contribution in [0.5, 0.6) is 5.75 Å². The number of fused-ring (bicyclic) bond motifs is 1. The van der Waals surface area contributed by atoms with Crippen LogP contribution in [-0.2, 0) is 4.74 Å². The number of aliphatic imine (C=N–C) groups is 1. The molecule has 12 heteroatoms. The van der Waals surface area contributed by atoms with Gasteiger partial charge in [-0.25, -0.2) is 9.98 Å². The number of anilines is 2. The van der Waals surface area contributed by atoms with E-state index in [-0.39, 0.29) is 10.8 Å². The van der Waals surface area contributed by atoms with E-state index in [0.29, 0.717) is 53.6 Å². The topological polar surface area (TPSA) is 152 Å². The molecule has 6 rings (SSSR count). The highest BCUT2D eigenvalue weighted by molar-refractivity contribution is 7.21. The monoisotopic (exact) mass is 543 g/mol. The zero-order chi connectivity index (χ0) is 26.9. The van der Waals surface area contributed by atoms with Crippen molar-refractivity contribution in [3.05, 3.63) is 65.7 Å². The normalized spacial score (nSPS) is 14.2. The first kappa shape index (κ1) is 24.6. The number of thiophene rings is 1. The van der Waals surface area contributed by atoms with Crippen LogP contribution in [0, 0.1) is 0 Å². The number of nitrogens with two attached hydrogens (primary N) is 2. The summed E-state index contributed by atoms with van der Waals surface area (Å²) in [6, 6.07) is 17.1. The van der Waals surface area contributed by atoms with Crippen LogP contribution in [-0.4, -0.2) is 49.6 Å². The molecule has 1 fully saturated rings. The summed E-state index contributed by atoms with van der Waals surface area (Å²) in [5.41, 5.74) is 16.8. The maximum absolute atomic E-state index is 13.3. The molecule has 1 aliphatic heterocycles. The smallest absolute Gasteiger partial charge is 0.324 e. The van der Waals surface area contributed by atoms with Gasteiger partial charge in [-0.2, -0.15) is 0 Å². The molecule has 39 heavy (non-hydrogen) atoms. The molecule has 0 aliphatic carbocycles. The van der Waals surface area contributed by atoms with E-state index in [1.807, 2.05) is 59.6 Å². The molecule has 3 aromatic heterocycles. The van der Waals surface area contributed by atoms with Gasteiger partial charge in [0.15, 0.2) is 0 Å². The standard InChI is InChI=1S/C27H25N7O4S/c1-36-19-4-2-3-17(13-19)20-14-21(16-5-7-18(28)8-6-16)30-27-23(20)24(29)25(39-27)26(35)31-22-15-34(32-38-22)33-9-11-37-12-10-33/h2-8,13-15H,9-12H2,1H3,(H4-,28,29,30,31,32,35). The van der Waals surface area contributed by atoms with Gasteiger partial charge in [-0.1, -0.05) is 24.3 Å². The van der Waals surface area contributed by atoms with Crippen LogP contribution >= 0.6 is 11.3 Å². The molecule has 5 aromatic rings. The van der Waals surface area contributed by atoms with Gasteiger partial charge in [-0.3, -0.25) is 4.52 Å². The molecule has 198 valence electrons. The quantitative estimate of drug-likeness (QED) is 0.142. The summed E-state index contributed by atoms with van der Waals surface area (Å²) in [6.45, 7) is 2.49. The van der Waals surface area contributed by atoms with E-state index in [1.165, 1.54) is 16.1 Å². The Kier molecular flexibility index (Phi) is 6.47. The van der Waals surface area contributed by atoms with E-state index in [9.17, 15) is 5.11 Å². The fraction of sp³-hybridized carbons (Fsp3) is 0.185. The van der Waals surface area contributed by atoms with Crippen molar-refractivity contribution in [2.24, 2.45) is 4.99 Å². The number of nitrogen functional groups attached to an aromatic ring is 2. The SMILES string of the molecule is COc1cccc(-c2cc(-c3ccc(N)cc3)nc3sc(/C([O-])=N/c4c[n+](N5CCOCC5)no4)c(N)c23)c1. The van der Waals surface area contributed by atoms with Crippen LogP contribution in [0.1, 0.15) is 4.88 Å². The van der Waals surface area contributed by atoms with Crippen LogP contribution in [0.15, 0.2) is 70.3 Å². The van der Waals surface area contributed by atoms with Gasteiger partial charge in [0.1, 0.15) is 10.6 Å². The van der Waals surface area contributed by atoms with E-state index in [0.717, 1.165) is 22.4 Å². The maximum Gasteiger partial charge on any atom is 0.324 e. The molecule has 4 N–H and O–H groups in total. The van der Waals surface area contributed by atoms with Crippen molar-refractivity contribution in [1.29, 1.82) is 0 Å². The number of benzene rings is 2. The molecule has 0 spiro atoms. The Morgan fingerprint density at radius 3 is 2.67 bits per heavy atom. The fourth-order valence-corrected chi connectivity index (χ4v) is 5.43. The molecule has 0 bridgehead atoms. The third kappa shape index (κ3) is 4.82. The van der Waals surface area contributed by atoms with Crippen molar-refractivity contribution in [3.63, 3.8) is 0 Å². The summed E-state index contributed by atoms with van der Waals surface area (Å²) in [4.78, 5) is 11.4. The molecule has 11 nitrogen and oxygen atoms in total. The fourth-order valence-electron chi connectivity index (χ4n) is 4.42. The van der Waals surface area contributed by atoms with Crippen LogP contribution in [0.4, 0.5) is 17.3 Å². The molecule has 1 saturated heterocycles. The lowest BCUT2D eigenvalue weighted by atomic mass is 9.99. The van der Waals surface area contributed by atoms with E-state index in [1.54, 1.807) is 13.3 Å². The Morgan fingerprint density at radius 2 is 1.90 bits per heavy atom. The van der Waals surface area contributed by atoms with Crippen molar-refractivity contribution in [3.8, 4) is 28.1 Å². The predicted octanol–water partition coefficient (Wildman–Crippen LogP) is 2.49. The average molecular weight is 544 g/mol. The molecule has 0 radical (unpaired) electrons. The summed E-state index contributed by atoms with van der Waals surface area (Å²) in [5.74, 6) is 0.240. The average Bonchev–Trinajstić information content (AvgIpc) is 3.58. The Labute approximate surface area is 227 Å². The lowest BCUT2D eigenvalue weighted by Crippen LogP contribution is -2.62. The predicted molar refractivity (Wildman–Crippen MR) is 148 cm³/mol. The molecule has 0 unspecified atom stereocenters. The lowest BCUT2D eigenvalue weighted by molar-refractivity contribution is -0.759. The van der Waals surface area contributed by atoms with Crippen molar-refractivity contribution >= 4 is 44.7 Å². The summed E-state index contributed by atoms with van der Waals surface area (Å²) in [5, 5.41) is 19.9. The molecule has 1 aliphatic rings. The number of ether oxygens (including phenoxy) is 2. The molecule has 4 heterocycles. The highest BCUT2D eigenvalue weighted by Crippen LogP contribution is 2.42. The molecular formula is C27H25N7O4S. The van der Waals surface area contributed by atoms with Crippen molar-refractivity contribution in [2.75, 3.05) is 49.9 Å². The summed E-state index contributed by atoms with van der Waals surface area (Å²) in [6.07, 6.45) is 1.56. The van der Waals surface area contributed by atoms with Gasteiger partial charge < -0.3 is 26.0 Å². The lowest BCUT2D eigenvalue weighted by Gasteiger charge is -2.18. The van der Waals surface area contributed by atoms with E-state index < -0.39 is 5.90 Å². The number of rotatable bonds is 6. The highest BCUT2D eigenvalue weighted by atomic mass is 32.1. The second-order valence-corrected chi connectivity index (χ2v) is 9.88. The number of methoxy groups -OCH3 is 1. The van der Waals surface area contributed by atoms with Gasteiger partial charge >= 0.3 is 5.88 Å². The van der Waals surface area contributed by atoms with Crippen molar-refractivity contribution in [1.82, 2.24) is 10.3 Å². The minimum Gasteiger partial charge on any atom is -0.857 e. The maximum atomic E-state index is 13.3. The van der Waals surface area contributed by atoms with Gasteiger partial charge in [0, 0.05) is 22.5 Å². The number of aromatic nitrogens is 3. The zero-order valence-electron chi connectivity index (χ0n) is 21.0. The minimum absolute atomic E-state index is 0.0758. The Balaban J connectivity index is 1.45. The Morgan fingerprint density at radius 1 is 1.10 bits per heavy atom. The number of hydrogen-bond donors (Lipinski definition) is 2.